The highest BCUT2D eigenvalue weighted by molar-refractivity contribution is 7.92. The molecular weight excluding hydrogens is 288 g/mol. The first kappa shape index (κ1) is 15.8. The molecule has 0 aliphatic carbocycles. The monoisotopic (exact) mass is 310 g/mol. The molecule has 5 nitrogen and oxygen atoms in total. The topological polar surface area (TPSA) is 66.5 Å². The lowest BCUT2D eigenvalue weighted by Crippen LogP contribution is -2.39. The van der Waals surface area contributed by atoms with Crippen molar-refractivity contribution in [2.24, 2.45) is 5.92 Å². The van der Waals surface area contributed by atoms with Gasteiger partial charge in [0.15, 0.2) is 0 Å². The van der Waals surface area contributed by atoms with Gasteiger partial charge in [0.25, 0.3) is 5.91 Å². The second kappa shape index (κ2) is 6.05. The van der Waals surface area contributed by atoms with Gasteiger partial charge in [-0.2, -0.15) is 0 Å². The van der Waals surface area contributed by atoms with Gasteiger partial charge < -0.3 is 4.90 Å². The molecule has 1 amide bonds. The first-order valence-electron chi connectivity index (χ1n) is 7.14. The molecule has 0 saturated carbocycles. The van der Waals surface area contributed by atoms with Crippen LogP contribution in [0.25, 0.3) is 0 Å². The van der Waals surface area contributed by atoms with Crippen molar-refractivity contribution in [1.29, 1.82) is 0 Å². The van der Waals surface area contributed by atoms with E-state index in [0.29, 0.717) is 22.7 Å². The van der Waals surface area contributed by atoms with Gasteiger partial charge in [-0.05, 0) is 43.4 Å². The van der Waals surface area contributed by atoms with Crippen molar-refractivity contribution in [2.75, 3.05) is 24.1 Å². The van der Waals surface area contributed by atoms with Crippen LogP contribution in [0.2, 0.25) is 0 Å². The predicted molar refractivity (Wildman–Crippen MR) is 83.9 cm³/mol. The Morgan fingerprint density at radius 2 is 2.10 bits per heavy atom. The number of rotatable bonds is 3. The number of amides is 1. The van der Waals surface area contributed by atoms with Gasteiger partial charge in [-0.3, -0.25) is 9.52 Å². The largest absolute Gasteiger partial charge is 0.338 e. The van der Waals surface area contributed by atoms with Crippen molar-refractivity contribution in [3.63, 3.8) is 0 Å². The average molecular weight is 310 g/mol. The lowest BCUT2D eigenvalue weighted by molar-refractivity contribution is 0.0682. The van der Waals surface area contributed by atoms with E-state index in [0.717, 1.165) is 32.2 Å². The van der Waals surface area contributed by atoms with Crippen molar-refractivity contribution in [3.8, 4) is 0 Å². The Bertz CT molecular complexity index is 640. The highest BCUT2D eigenvalue weighted by Crippen LogP contribution is 2.23. The number of hydrogen-bond donors (Lipinski definition) is 1. The fourth-order valence-corrected chi connectivity index (χ4v) is 3.34. The second-order valence-electron chi connectivity index (χ2n) is 5.85. The standard InChI is InChI=1S/C15H22N2O3S/c1-11-6-5-9-17(10-11)15(18)13-7-4-8-14(12(13)2)16-21(3,19)20/h4,7-8,11,16H,5-6,9-10H2,1-3H3/t11-/m1/s1. The van der Waals surface area contributed by atoms with E-state index in [1.807, 2.05) is 4.90 Å². The zero-order valence-electron chi connectivity index (χ0n) is 12.7. The van der Waals surface area contributed by atoms with E-state index in [1.54, 1.807) is 25.1 Å². The molecule has 0 spiro atoms. The van der Waals surface area contributed by atoms with E-state index in [2.05, 4.69) is 11.6 Å². The van der Waals surface area contributed by atoms with Crippen LogP contribution in [-0.2, 0) is 10.0 Å². The fourth-order valence-electron chi connectivity index (χ4n) is 2.72. The van der Waals surface area contributed by atoms with E-state index in [4.69, 9.17) is 0 Å². The smallest absolute Gasteiger partial charge is 0.254 e. The molecule has 21 heavy (non-hydrogen) atoms. The van der Waals surface area contributed by atoms with Crippen molar-refractivity contribution in [3.05, 3.63) is 29.3 Å². The fraction of sp³-hybridized carbons (Fsp3) is 0.533. The first-order valence-corrected chi connectivity index (χ1v) is 9.04. The average Bonchev–Trinajstić information content (AvgIpc) is 2.39. The minimum Gasteiger partial charge on any atom is -0.338 e. The van der Waals surface area contributed by atoms with Gasteiger partial charge in [0.1, 0.15) is 0 Å². The van der Waals surface area contributed by atoms with Gasteiger partial charge in [-0.25, -0.2) is 8.42 Å². The molecule has 1 saturated heterocycles. The van der Waals surface area contributed by atoms with Gasteiger partial charge in [0.05, 0.1) is 11.9 Å². The summed E-state index contributed by atoms with van der Waals surface area (Å²) in [5.41, 5.74) is 1.71. The Kier molecular flexibility index (Phi) is 4.56. The molecule has 1 aromatic carbocycles. The number of carbonyl (C=O) groups excluding carboxylic acids is 1. The number of hydrogen-bond acceptors (Lipinski definition) is 3. The van der Waals surface area contributed by atoms with E-state index < -0.39 is 10.0 Å². The van der Waals surface area contributed by atoms with Crippen molar-refractivity contribution >= 4 is 21.6 Å². The highest BCUT2D eigenvalue weighted by Gasteiger charge is 2.23. The maximum atomic E-state index is 12.6. The number of piperidine rings is 1. The van der Waals surface area contributed by atoms with Gasteiger partial charge in [-0.1, -0.05) is 13.0 Å². The summed E-state index contributed by atoms with van der Waals surface area (Å²) in [7, 11) is -3.35. The Morgan fingerprint density at radius 1 is 1.38 bits per heavy atom. The minimum atomic E-state index is -3.35. The van der Waals surface area contributed by atoms with Gasteiger partial charge >= 0.3 is 0 Å². The zero-order chi connectivity index (χ0) is 15.6. The normalized spacial score (nSPS) is 19.4. The summed E-state index contributed by atoms with van der Waals surface area (Å²) in [5.74, 6) is 0.497. The predicted octanol–water partition coefficient (Wildman–Crippen LogP) is 2.24. The van der Waals surface area contributed by atoms with Gasteiger partial charge in [0, 0.05) is 18.7 Å². The molecule has 2 rings (SSSR count). The quantitative estimate of drug-likeness (QED) is 0.931. The number of sulfonamides is 1. The number of anilines is 1. The lowest BCUT2D eigenvalue weighted by Gasteiger charge is -2.31. The van der Waals surface area contributed by atoms with Crippen LogP contribution in [0.1, 0.15) is 35.7 Å². The third-order valence-corrected chi connectivity index (χ3v) is 4.39. The molecule has 1 aliphatic heterocycles. The number of nitrogens with one attached hydrogen (secondary N) is 1. The van der Waals surface area contributed by atoms with Gasteiger partial charge in [-0.15, -0.1) is 0 Å². The van der Waals surface area contributed by atoms with E-state index >= 15 is 0 Å². The molecule has 1 N–H and O–H groups in total. The van der Waals surface area contributed by atoms with Crippen LogP contribution < -0.4 is 4.72 Å². The molecule has 6 heteroatoms. The molecule has 0 bridgehead atoms. The Morgan fingerprint density at radius 3 is 2.71 bits per heavy atom. The molecule has 1 atom stereocenters. The summed E-state index contributed by atoms with van der Waals surface area (Å²) < 4.78 is 25.2. The minimum absolute atomic E-state index is 0.0174. The molecule has 1 heterocycles. The van der Waals surface area contributed by atoms with Crippen molar-refractivity contribution < 1.29 is 13.2 Å². The third-order valence-electron chi connectivity index (χ3n) is 3.80. The van der Waals surface area contributed by atoms with E-state index in [9.17, 15) is 13.2 Å². The molecule has 116 valence electrons. The number of likely N-dealkylation sites (tertiary alicyclic amines) is 1. The maximum absolute atomic E-state index is 12.6. The van der Waals surface area contributed by atoms with E-state index in [1.165, 1.54) is 0 Å². The van der Waals surface area contributed by atoms with Crippen LogP contribution >= 0.6 is 0 Å². The number of benzene rings is 1. The Labute approximate surface area is 126 Å². The molecule has 0 radical (unpaired) electrons. The molecule has 0 aromatic heterocycles. The summed E-state index contributed by atoms with van der Waals surface area (Å²) in [6.07, 6.45) is 3.28. The number of carbonyl (C=O) groups is 1. The molecular formula is C15H22N2O3S. The molecule has 1 aliphatic rings. The molecule has 0 unspecified atom stereocenters. The van der Waals surface area contributed by atoms with Crippen LogP contribution in [0.15, 0.2) is 18.2 Å². The Balaban J connectivity index is 2.27. The summed E-state index contributed by atoms with van der Waals surface area (Å²) in [4.78, 5) is 14.5. The molecule has 1 aromatic rings. The zero-order valence-corrected chi connectivity index (χ0v) is 13.5. The summed E-state index contributed by atoms with van der Waals surface area (Å²) in [5, 5.41) is 0. The Hall–Kier alpha value is -1.56. The van der Waals surface area contributed by atoms with Crippen molar-refractivity contribution in [1.82, 2.24) is 4.90 Å². The SMILES string of the molecule is Cc1c(NS(C)(=O)=O)cccc1C(=O)N1CCC[C@@H](C)C1. The summed E-state index contributed by atoms with van der Waals surface area (Å²) in [6, 6.07) is 5.14. The summed E-state index contributed by atoms with van der Waals surface area (Å²) in [6.45, 7) is 5.45. The van der Waals surface area contributed by atoms with E-state index in [-0.39, 0.29) is 5.91 Å². The van der Waals surface area contributed by atoms with Crippen molar-refractivity contribution in [2.45, 2.75) is 26.7 Å². The maximum Gasteiger partial charge on any atom is 0.254 e. The van der Waals surface area contributed by atoms with Crippen LogP contribution in [0.5, 0.6) is 0 Å². The lowest BCUT2D eigenvalue weighted by atomic mass is 9.98. The van der Waals surface area contributed by atoms with Crippen LogP contribution in [0.3, 0.4) is 0 Å². The first-order chi connectivity index (χ1) is 9.78. The van der Waals surface area contributed by atoms with Crippen LogP contribution in [0.4, 0.5) is 5.69 Å². The van der Waals surface area contributed by atoms with Crippen LogP contribution in [-0.4, -0.2) is 38.6 Å². The third kappa shape index (κ3) is 3.97. The number of nitrogens with zero attached hydrogens (tertiary/aromatic N) is 1. The second-order valence-corrected chi connectivity index (χ2v) is 7.60. The summed E-state index contributed by atoms with van der Waals surface area (Å²) >= 11 is 0. The molecule has 1 fully saturated rings. The van der Waals surface area contributed by atoms with Gasteiger partial charge in [0.2, 0.25) is 10.0 Å². The van der Waals surface area contributed by atoms with Crippen LogP contribution in [0, 0.1) is 12.8 Å². The highest BCUT2D eigenvalue weighted by atomic mass is 32.2.